The summed E-state index contributed by atoms with van der Waals surface area (Å²) in [6, 6.07) is 18.8. The lowest BCUT2D eigenvalue weighted by Gasteiger charge is -2.39. The van der Waals surface area contributed by atoms with Crippen molar-refractivity contribution in [1.82, 2.24) is 0 Å². The Kier molecular flexibility index (Phi) is 6.62. The summed E-state index contributed by atoms with van der Waals surface area (Å²) in [5.41, 5.74) is 4.36. The minimum absolute atomic E-state index is 0.549. The molecule has 0 radical (unpaired) electrons. The minimum atomic E-state index is -1.22. The normalized spacial score (nSPS) is 26.7. The van der Waals surface area contributed by atoms with Crippen LogP contribution in [-0.2, 0) is 11.2 Å². The van der Waals surface area contributed by atoms with Crippen molar-refractivity contribution in [3.8, 4) is 10.4 Å². The summed E-state index contributed by atoms with van der Waals surface area (Å²) in [6.07, 6.45) is -3.90. The summed E-state index contributed by atoms with van der Waals surface area (Å²) >= 11 is 4.09. The Bertz CT molecular complexity index is 1020. The number of ether oxygens (including phenoxy) is 1. The number of thiophene rings is 1. The van der Waals surface area contributed by atoms with E-state index in [9.17, 15) is 15.3 Å². The first kappa shape index (κ1) is 21.9. The molecule has 0 saturated carbocycles. The van der Waals surface area contributed by atoms with E-state index in [4.69, 9.17) is 4.74 Å². The van der Waals surface area contributed by atoms with Crippen molar-refractivity contribution < 1.29 is 20.1 Å². The molecule has 5 atom stereocenters. The molecule has 1 aromatic heterocycles. The number of halogens is 1. The second-order valence-corrected chi connectivity index (χ2v) is 10.3. The molecule has 0 bridgehead atoms. The van der Waals surface area contributed by atoms with Crippen LogP contribution in [0.25, 0.3) is 10.4 Å². The van der Waals surface area contributed by atoms with E-state index in [2.05, 4.69) is 65.9 Å². The molecule has 0 amide bonds. The maximum absolute atomic E-state index is 10.4. The number of aryl methyl sites for hydroxylation is 1. The van der Waals surface area contributed by atoms with Gasteiger partial charge in [-0.1, -0.05) is 30.3 Å². The van der Waals surface area contributed by atoms with Gasteiger partial charge in [-0.3, -0.25) is 0 Å². The van der Waals surface area contributed by atoms with Crippen molar-refractivity contribution in [2.45, 2.75) is 50.8 Å². The topological polar surface area (TPSA) is 69.9 Å². The van der Waals surface area contributed by atoms with Crippen molar-refractivity contribution in [3.05, 3.63) is 79.7 Å². The van der Waals surface area contributed by atoms with E-state index in [0.717, 1.165) is 17.5 Å². The molecule has 0 aliphatic carbocycles. The highest BCUT2D eigenvalue weighted by atomic mass is 127. The second kappa shape index (κ2) is 9.06. The Morgan fingerprint density at radius 1 is 0.933 bits per heavy atom. The first-order valence-corrected chi connectivity index (χ1v) is 11.9. The quantitative estimate of drug-likeness (QED) is 0.431. The highest BCUT2D eigenvalue weighted by Crippen LogP contribution is 2.35. The monoisotopic (exact) mass is 536 g/mol. The lowest BCUT2D eigenvalue weighted by molar-refractivity contribution is -0.219. The predicted octanol–water partition coefficient (Wildman–Crippen LogP) is 4.46. The zero-order valence-corrected chi connectivity index (χ0v) is 19.8. The van der Waals surface area contributed by atoms with Crippen molar-refractivity contribution >= 4 is 33.9 Å². The van der Waals surface area contributed by atoms with E-state index in [-0.39, 0.29) is 0 Å². The Hall–Kier alpha value is -1.29. The Morgan fingerprint density at radius 3 is 2.40 bits per heavy atom. The van der Waals surface area contributed by atoms with Crippen molar-refractivity contribution in [2.24, 2.45) is 0 Å². The van der Waals surface area contributed by atoms with Gasteiger partial charge in [-0.15, -0.1) is 11.3 Å². The van der Waals surface area contributed by atoms with Crippen molar-refractivity contribution in [3.63, 3.8) is 0 Å². The van der Waals surface area contributed by atoms with Gasteiger partial charge in [0.2, 0.25) is 0 Å². The number of benzene rings is 2. The van der Waals surface area contributed by atoms with Crippen LogP contribution >= 0.6 is 33.9 Å². The van der Waals surface area contributed by atoms with Crippen LogP contribution in [0.3, 0.4) is 0 Å². The summed E-state index contributed by atoms with van der Waals surface area (Å²) in [4.78, 5) is 2.50. The molecule has 2 aromatic carbocycles. The number of rotatable bonds is 4. The third-order valence-corrected chi connectivity index (χ3v) is 7.56. The SMILES string of the molecule is Cc1ccc(C2OC(C)C(O)C(O)C2O)cc1Cc1ccc(-c2ccc(I)cc2)s1. The van der Waals surface area contributed by atoms with Gasteiger partial charge in [0, 0.05) is 19.7 Å². The molecule has 158 valence electrons. The number of hydrogen-bond donors (Lipinski definition) is 3. The van der Waals surface area contributed by atoms with Gasteiger partial charge in [-0.2, -0.15) is 0 Å². The van der Waals surface area contributed by atoms with E-state index in [0.29, 0.717) is 0 Å². The van der Waals surface area contributed by atoms with Crippen molar-refractivity contribution in [2.75, 3.05) is 0 Å². The molecule has 4 rings (SSSR count). The molecule has 1 aliphatic heterocycles. The van der Waals surface area contributed by atoms with Gasteiger partial charge in [0.05, 0.1) is 6.10 Å². The van der Waals surface area contributed by atoms with E-state index >= 15 is 0 Å². The van der Waals surface area contributed by atoms with Crippen LogP contribution in [0.1, 0.15) is 34.6 Å². The van der Waals surface area contributed by atoms with Crippen LogP contribution in [-0.4, -0.2) is 39.7 Å². The molecule has 6 heteroatoms. The Labute approximate surface area is 194 Å². The molecule has 1 saturated heterocycles. The standard InChI is InChI=1S/C24H25IO4S/c1-13-3-4-16(24-23(28)22(27)21(26)14(2)29-24)11-17(13)12-19-9-10-20(30-19)15-5-7-18(25)8-6-15/h3-11,14,21-24,26-28H,12H2,1-2H3. The van der Waals surface area contributed by atoms with Gasteiger partial charge in [-0.25, -0.2) is 0 Å². The molecule has 0 spiro atoms. The fraction of sp³-hybridized carbons (Fsp3) is 0.333. The van der Waals surface area contributed by atoms with Crippen LogP contribution in [0.15, 0.2) is 54.6 Å². The third kappa shape index (κ3) is 4.49. The average molecular weight is 536 g/mol. The van der Waals surface area contributed by atoms with Crippen LogP contribution < -0.4 is 0 Å². The highest BCUT2D eigenvalue weighted by Gasteiger charge is 2.42. The van der Waals surface area contributed by atoms with Crippen LogP contribution in [0.2, 0.25) is 0 Å². The molecule has 3 N–H and O–H groups in total. The lowest BCUT2D eigenvalue weighted by Crippen LogP contribution is -2.53. The zero-order valence-electron chi connectivity index (χ0n) is 16.8. The molecule has 3 aromatic rings. The molecule has 2 heterocycles. The molecule has 30 heavy (non-hydrogen) atoms. The number of hydrogen-bond acceptors (Lipinski definition) is 5. The fourth-order valence-electron chi connectivity index (χ4n) is 3.82. The average Bonchev–Trinajstić information content (AvgIpc) is 3.20. The maximum Gasteiger partial charge on any atom is 0.113 e. The summed E-state index contributed by atoms with van der Waals surface area (Å²) in [5, 5.41) is 30.6. The summed E-state index contributed by atoms with van der Waals surface area (Å²) in [6.45, 7) is 3.78. The number of aliphatic hydroxyl groups is 3. The smallest absolute Gasteiger partial charge is 0.113 e. The maximum atomic E-state index is 10.4. The first-order chi connectivity index (χ1) is 14.3. The molecular formula is C24H25IO4S. The van der Waals surface area contributed by atoms with Crippen LogP contribution in [0, 0.1) is 10.5 Å². The lowest BCUT2D eigenvalue weighted by atomic mass is 9.90. The van der Waals surface area contributed by atoms with E-state index in [1.807, 2.05) is 18.2 Å². The van der Waals surface area contributed by atoms with Gasteiger partial charge >= 0.3 is 0 Å². The third-order valence-electron chi connectivity index (χ3n) is 5.71. The predicted molar refractivity (Wildman–Crippen MR) is 128 cm³/mol. The Balaban J connectivity index is 1.56. The summed E-state index contributed by atoms with van der Waals surface area (Å²) in [5.74, 6) is 0. The minimum Gasteiger partial charge on any atom is -0.388 e. The molecular weight excluding hydrogens is 511 g/mol. The van der Waals surface area contributed by atoms with Gasteiger partial charge in [0.1, 0.15) is 24.4 Å². The zero-order chi connectivity index (χ0) is 21.4. The summed E-state index contributed by atoms with van der Waals surface area (Å²) in [7, 11) is 0. The van der Waals surface area contributed by atoms with Crippen LogP contribution in [0.4, 0.5) is 0 Å². The van der Waals surface area contributed by atoms with E-state index in [1.54, 1.807) is 18.3 Å². The van der Waals surface area contributed by atoms with Crippen LogP contribution in [0.5, 0.6) is 0 Å². The van der Waals surface area contributed by atoms with Gasteiger partial charge in [0.15, 0.2) is 0 Å². The van der Waals surface area contributed by atoms with Gasteiger partial charge < -0.3 is 20.1 Å². The first-order valence-electron chi connectivity index (χ1n) is 9.97. The largest absolute Gasteiger partial charge is 0.388 e. The highest BCUT2D eigenvalue weighted by molar-refractivity contribution is 14.1. The Morgan fingerprint density at radius 2 is 1.67 bits per heavy atom. The van der Waals surface area contributed by atoms with Crippen molar-refractivity contribution in [1.29, 1.82) is 0 Å². The van der Waals surface area contributed by atoms with Gasteiger partial charge in [0.25, 0.3) is 0 Å². The second-order valence-electron chi connectivity index (χ2n) is 7.87. The molecule has 1 aliphatic rings. The molecule has 4 nitrogen and oxygen atoms in total. The molecule has 1 fully saturated rings. The van der Waals surface area contributed by atoms with E-state index in [1.165, 1.54) is 24.5 Å². The molecule has 5 unspecified atom stereocenters. The van der Waals surface area contributed by atoms with Gasteiger partial charge in [-0.05, 0) is 83.0 Å². The van der Waals surface area contributed by atoms with E-state index < -0.39 is 30.5 Å². The summed E-state index contributed by atoms with van der Waals surface area (Å²) < 4.78 is 7.05. The fourth-order valence-corrected chi connectivity index (χ4v) is 5.21. The number of aliphatic hydroxyl groups excluding tert-OH is 3.